The molecular formula is C21H24ClN3O. The Morgan fingerprint density at radius 2 is 1.46 bits per heavy atom. The van der Waals surface area contributed by atoms with Gasteiger partial charge in [-0.25, -0.2) is 0 Å². The van der Waals surface area contributed by atoms with Crippen LogP contribution in [0.5, 0.6) is 0 Å². The van der Waals surface area contributed by atoms with Crippen LogP contribution in [0.3, 0.4) is 0 Å². The third-order valence-corrected chi connectivity index (χ3v) is 5.58. The number of anilines is 3. The first-order valence-electron chi connectivity index (χ1n) is 9.38. The van der Waals surface area contributed by atoms with E-state index in [-0.39, 0.29) is 5.91 Å². The van der Waals surface area contributed by atoms with Gasteiger partial charge in [-0.05, 0) is 50.2 Å². The first kappa shape index (κ1) is 17.4. The lowest BCUT2D eigenvalue weighted by Gasteiger charge is -2.39. The first-order valence-corrected chi connectivity index (χ1v) is 9.75. The number of amides is 1. The summed E-state index contributed by atoms with van der Waals surface area (Å²) in [4.78, 5) is 19.4. The normalized spacial score (nSPS) is 17.9. The first-order chi connectivity index (χ1) is 12.7. The Labute approximate surface area is 160 Å². The fraction of sp³-hybridized carbons (Fsp3) is 0.381. The molecule has 0 saturated carbocycles. The number of para-hydroxylation sites is 3. The molecule has 1 saturated heterocycles. The molecule has 2 heterocycles. The van der Waals surface area contributed by atoms with E-state index in [2.05, 4.69) is 15.9 Å². The fourth-order valence-corrected chi connectivity index (χ4v) is 4.17. The monoisotopic (exact) mass is 369 g/mol. The predicted octanol–water partition coefficient (Wildman–Crippen LogP) is 4.31. The average Bonchev–Trinajstić information content (AvgIpc) is 2.68. The minimum atomic E-state index is 0.193. The van der Waals surface area contributed by atoms with Gasteiger partial charge in [0.05, 0.1) is 28.6 Å². The van der Waals surface area contributed by atoms with Crippen LogP contribution >= 0.6 is 11.6 Å². The lowest BCUT2D eigenvalue weighted by atomic mass is 10.1. The van der Waals surface area contributed by atoms with Crippen molar-refractivity contribution in [1.82, 2.24) is 4.90 Å². The summed E-state index contributed by atoms with van der Waals surface area (Å²) >= 11 is 6.42. The van der Waals surface area contributed by atoms with Gasteiger partial charge in [-0.15, -0.1) is 0 Å². The highest BCUT2D eigenvalue weighted by atomic mass is 35.5. The Morgan fingerprint density at radius 1 is 0.808 bits per heavy atom. The Bertz CT molecular complexity index is 788. The highest BCUT2D eigenvalue weighted by Gasteiger charge is 2.29. The zero-order chi connectivity index (χ0) is 17.9. The molecule has 2 aromatic rings. The molecule has 4 nitrogen and oxygen atoms in total. The Balaban J connectivity index is 1.59. The molecule has 136 valence electrons. The molecule has 26 heavy (non-hydrogen) atoms. The van der Waals surface area contributed by atoms with Crippen LogP contribution in [0.4, 0.5) is 17.1 Å². The van der Waals surface area contributed by atoms with Gasteiger partial charge in [-0.1, -0.05) is 42.3 Å². The van der Waals surface area contributed by atoms with Crippen LogP contribution in [-0.2, 0) is 4.79 Å². The number of halogens is 1. The van der Waals surface area contributed by atoms with Crippen molar-refractivity contribution in [3.63, 3.8) is 0 Å². The SMILES string of the molecule is O=C(CN1CCCCC1)N1CCN(c2ccccc2Cl)c2ccccc21. The smallest absolute Gasteiger partial charge is 0.241 e. The molecule has 0 radical (unpaired) electrons. The van der Waals surface area contributed by atoms with Crippen LogP contribution in [-0.4, -0.2) is 43.5 Å². The maximum atomic E-state index is 13.0. The second-order valence-electron chi connectivity index (χ2n) is 6.97. The van der Waals surface area contributed by atoms with E-state index in [1.807, 2.05) is 47.4 Å². The Hall–Kier alpha value is -2.04. The van der Waals surface area contributed by atoms with Gasteiger partial charge >= 0.3 is 0 Å². The van der Waals surface area contributed by atoms with Crippen molar-refractivity contribution < 1.29 is 4.79 Å². The molecule has 0 aliphatic carbocycles. The maximum Gasteiger partial charge on any atom is 0.241 e. The number of likely N-dealkylation sites (tertiary alicyclic amines) is 1. The molecular weight excluding hydrogens is 346 g/mol. The maximum absolute atomic E-state index is 13.0. The minimum Gasteiger partial charge on any atom is -0.337 e. The van der Waals surface area contributed by atoms with Crippen molar-refractivity contribution in [2.24, 2.45) is 0 Å². The molecule has 0 N–H and O–H groups in total. The fourth-order valence-electron chi connectivity index (χ4n) is 3.94. The number of benzene rings is 2. The molecule has 5 heteroatoms. The van der Waals surface area contributed by atoms with Crippen LogP contribution in [0.25, 0.3) is 0 Å². The van der Waals surface area contributed by atoms with Gasteiger partial charge in [0, 0.05) is 13.1 Å². The minimum absolute atomic E-state index is 0.193. The quantitative estimate of drug-likeness (QED) is 0.806. The van der Waals surface area contributed by atoms with Crippen molar-refractivity contribution in [2.75, 3.05) is 42.5 Å². The second kappa shape index (κ2) is 7.68. The highest BCUT2D eigenvalue weighted by Crippen LogP contribution is 2.40. The molecule has 2 aliphatic rings. The van der Waals surface area contributed by atoms with E-state index in [0.29, 0.717) is 13.1 Å². The average molecular weight is 370 g/mol. The largest absolute Gasteiger partial charge is 0.337 e. The van der Waals surface area contributed by atoms with E-state index in [4.69, 9.17) is 11.6 Å². The van der Waals surface area contributed by atoms with E-state index in [0.717, 1.165) is 41.7 Å². The van der Waals surface area contributed by atoms with Gasteiger partial charge in [0.15, 0.2) is 0 Å². The molecule has 0 aromatic heterocycles. The van der Waals surface area contributed by atoms with Gasteiger partial charge in [-0.3, -0.25) is 9.69 Å². The summed E-state index contributed by atoms with van der Waals surface area (Å²) in [6.07, 6.45) is 3.68. The van der Waals surface area contributed by atoms with Gasteiger partial charge in [-0.2, -0.15) is 0 Å². The Morgan fingerprint density at radius 3 is 2.19 bits per heavy atom. The molecule has 2 aliphatic heterocycles. The Kier molecular flexibility index (Phi) is 5.14. The van der Waals surface area contributed by atoms with Crippen LogP contribution < -0.4 is 9.80 Å². The lowest BCUT2D eigenvalue weighted by Crippen LogP contribution is -2.47. The van der Waals surface area contributed by atoms with E-state index >= 15 is 0 Å². The zero-order valence-corrected chi connectivity index (χ0v) is 15.7. The van der Waals surface area contributed by atoms with Crippen LogP contribution in [0.15, 0.2) is 48.5 Å². The number of hydrogen-bond acceptors (Lipinski definition) is 3. The van der Waals surface area contributed by atoms with E-state index in [1.54, 1.807) is 0 Å². The topological polar surface area (TPSA) is 26.8 Å². The third kappa shape index (κ3) is 3.44. The highest BCUT2D eigenvalue weighted by molar-refractivity contribution is 6.33. The van der Waals surface area contributed by atoms with Gasteiger partial charge in [0.2, 0.25) is 5.91 Å². The molecule has 0 atom stereocenters. The summed E-state index contributed by atoms with van der Waals surface area (Å²) in [6, 6.07) is 16.0. The van der Waals surface area contributed by atoms with Gasteiger partial charge < -0.3 is 9.80 Å². The molecule has 0 bridgehead atoms. The predicted molar refractivity (Wildman–Crippen MR) is 108 cm³/mol. The van der Waals surface area contributed by atoms with Crippen molar-refractivity contribution in [2.45, 2.75) is 19.3 Å². The van der Waals surface area contributed by atoms with Crippen molar-refractivity contribution in [1.29, 1.82) is 0 Å². The van der Waals surface area contributed by atoms with Crippen LogP contribution in [0, 0.1) is 0 Å². The number of nitrogens with zero attached hydrogens (tertiary/aromatic N) is 3. The number of hydrogen-bond donors (Lipinski definition) is 0. The van der Waals surface area contributed by atoms with Gasteiger partial charge in [0.25, 0.3) is 0 Å². The van der Waals surface area contributed by atoms with E-state index in [9.17, 15) is 4.79 Å². The number of rotatable bonds is 3. The summed E-state index contributed by atoms with van der Waals surface area (Å²) in [5.41, 5.74) is 3.00. The van der Waals surface area contributed by atoms with Crippen molar-refractivity contribution in [3.05, 3.63) is 53.6 Å². The number of carbonyl (C=O) groups is 1. The number of piperidine rings is 1. The van der Waals surface area contributed by atoms with E-state index in [1.165, 1.54) is 19.3 Å². The lowest BCUT2D eigenvalue weighted by molar-refractivity contribution is -0.120. The van der Waals surface area contributed by atoms with Crippen molar-refractivity contribution >= 4 is 34.6 Å². The van der Waals surface area contributed by atoms with Crippen LogP contribution in [0.2, 0.25) is 5.02 Å². The van der Waals surface area contributed by atoms with Crippen LogP contribution in [0.1, 0.15) is 19.3 Å². The third-order valence-electron chi connectivity index (χ3n) is 5.26. The van der Waals surface area contributed by atoms with Gasteiger partial charge in [0.1, 0.15) is 0 Å². The molecule has 0 unspecified atom stereocenters. The molecule has 1 fully saturated rings. The summed E-state index contributed by atoms with van der Waals surface area (Å²) in [7, 11) is 0. The summed E-state index contributed by atoms with van der Waals surface area (Å²) in [5, 5.41) is 0.732. The number of fused-ring (bicyclic) bond motifs is 1. The number of carbonyl (C=O) groups excluding carboxylic acids is 1. The van der Waals surface area contributed by atoms with Crippen molar-refractivity contribution in [3.8, 4) is 0 Å². The second-order valence-corrected chi connectivity index (χ2v) is 7.38. The molecule has 2 aromatic carbocycles. The summed E-state index contributed by atoms with van der Waals surface area (Å²) < 4.78 is 0. The molecule has 1 amide bonds. The zero-order valence-electron chi connectivity index (χ0n) is 14.9. The molecule has 0 spiro atoms. The standard InChI is InChI=1S/C21H24ClN3O/c22-17-8-2-3-9-18(17)24-14-15-25(20-11-5-4-10-19(20)24)21(26)16-23-12-6-1-7-13-23/h2-5,8-11H,1,6-7,12-16H2. The molecule has 4 rings (SSSR count). The summed E-state index contributed by atoms with van der Waals surface area (Å²) in [5.74, 6) is 0.193. The summed E-state index contributed by atoms with van der Waals surface area (Å²) in [6.45, 7) is 4.00. The van der Waals surface area contributed by atoms with E-state index < -0.39 is 0 Å².